The van der Waals surface area contributed by atoms with Crippen molar-refractivity contribution >= 4 is 17.7 Å². The predicted molar refractivity (Wildman–Crippen MR) is 76.4 cm³/mol. The van der Waals surface area contributed by atoms with Crippen molar-refractivity contribution in [1.29, 1.82) is 0 Å². The van der Waals surface area contributed by atoms with Gasteiger partial charge in [0.25, 0.3) is 0 Å². The van der Waals surface area contributed by atoms with E-state index in [0.29, 0.717) is 12.8 Å². The molecule has 1 aromatic heterocycles. The SMILES string of the molecule is Cc1cc(C)nc(SC2CCCC(N)(C(=O)O)C2)c1. The number of nitrogens with two attached hydrogens (primary N) is 1. The number of hydrogen-bond donors (Lipinski definition) is 2. The molecule has 1 aliphatic carbocycles. The molecule has 1 saturated carbocycles. The van der Waals surface area contributed by atoms with Gasteiger partial charge in [-0.3, -0.25) is 4.79 Å². The van der Waals surface area contributed by atoms with E-state index in [1.54, 1.807) is 11.8 Å². The molecule has 2 rings (SSSR count). The van der Waals surface area contributed by atoms with E-state index in [4.69, 9.17) is 5.73 Å². The number of aryl methyl sites for hydroxylation is 2. The molecular weight excluding hydrogens is 260 g/mol. The highest BCUT2D eigenvalue weighted by Crippen LogP contribution is 2.37. The first-order valence-corrected chi connectivity index (χ1v) is 7.41. The van der Waals surface area contributed by atoms with Crippen LogP contribution in [0.15, 0.2) is 17.2 Å². The fourth-order valence-electron chi connectivity index (χ4n) is 2.59. The fraction of sp³-hybridized carbons (Fsp3) is 0.571. The van der Waals surface area contributed by atoms with Crippen LogP contribution in [0.5, 0.6) is 0 Å². The van der Waals surface area contributed by atoms with Crippen LogP contribution in [0.1, 0.15) is 36.9 Å². The number of carboxylic acid groups (broad SMARTS) is 1. The van der Waals surface area contributed by atoms with Gasteiger partial charge in [-0.2, -0.15) is 0 Å². The lowest BCUT2D eigenvalue weighted by atomic mass is 9.82. The van der Waals surface area contributed by atoms with Crippen molar-refractivity contribution in [3.8, 4) is 0 Å². The zero-order chi connectivity index (χ0) is 14.0. The Kier molecular flexibility index (Phi) is 4.16. The molecular formula is C14H20N2O2S. The number of carbonyl (C=O) groups is 1. The van der Waals surface area contributed by atoms with Crippen LogP contribution in [-0.4, -0.2) is 26.8 Å². The Hall–Kier alpha value is -1.07. The second kappa shape index (κ2) is 5.51. The van der Waals surface area contributed by atoms with Crippen LogP contribution in [-0.2, 0) is 4.79 Å². The second-order valence-electron chi connectivity index (χ2n) is 5.42. The van der Waals surface area contributed by atoms with Gasteiger partial charge in [0.2, 0.25) is 0 Å². The Balaban J connectivity index is 2.08. The Bertz CT molecular complexity index is 472. The first kappa shape index (κ1) is 14.3. The lowest BCUT2D eigenvalue weighted by Gasteiger charge is -2.34. The van der Waals surface area contributed by atoms with Gasteiger partial charge in [-0.15, -0.1) is 11.8 Å². The monoisotopic (exact) mass is 280 g/mol. The second-order valence-corrected chi connectivity index (χ2v) is 6.74. The average Bonchev–Trinajstić information content (AvgIpc) is 2.27. The summed E-state index contributed by atoms with van der Waals surface area (Å²) in [6, 6.07) is 4.08. The molecule has 0 spiro atoms. The van der Waals surface area contributed by atoms with Gasteiger partial charge < -0.3 is 10.8 Å². The topological polar surface area (TPSA) is 76.2 Å². The molecule has 1 aliphatic rings. The number of rotatable bonds is 3. The molecule has 0 radical (unpaired) electrons. The first-order chi connectivity index (χ1) is 8.89. The van der Waals surface area contributed by atoms with Crippen LogP contribution in [0.2, 0.25) is 0 Å². The lowest BCUT2D eigenvalue weighted by molar-refractivity contribution is -0.144. The standard InChI is InChI=1S/C14H20N2O2S/c1-9-6-10(2)16-12(7-9)19-11-4-3-5-14(15,8-11)13(17)18/h6-7,11H,3-5,8,15H2,1-2H3,(H,17,18). The zero-order valence-corrected chi connectivity index (χ0v) is 12.2. The van der Waals surface area contributed by atoms with Gasteiger partial charge in [0, 0.05) is 10.9 Å². The maximum Gasteiger partial charge on any atom is 0.323 e. The summed E-state index contributed by atoms with van der Waals surface area (Å²) in [5, 5.41) is 10.4. The minimum Gasteiger partial charge on any atom is -0.480 e. The van der Waals surface area contributed by atoms with Gasteiger partial charge in [-0.25, -0.2) is 4.98 Å². The van der Waals surface area contributed by atoms with E-state index >= 15 is 0 Å². The number of aliphatic carboxylic acids is 1. The minimum atomic E-state index is -1.06. The molecule has 0 amide bonds. The van der Waals surface area contributed by atoms with E-state index in [9.17, 15) is 9.90 Å². The largest absolute Gasteiger partial charge is 0.480 e. The third-order valence-corrected chi connectivity index (χ3v) is 4.71. The van der Waals surface area contributed by atoms with Crippen molar-refractivity contribution in [2.75, 3.05) is 0 Å². The molecule has 0 bridgehead atoms. The third-order valence-electron chi connectivity index (χ3n) is 3.53. The summed E-state index contributed by atoms with van der Waals surface area (Å²) in [5.41, 5.74) is 7.09. The van der Waals surface area contributed by atoms with Crippen LogP contribution < -0.4 is 5.73 Å². The predicted octanol–water partition coefficient (Wildman–Crippen LogP) is 2.52. The van der Waals surface area contributed by atoms with Crippen LogP contribution in [0, 0.1) is 13.8 Å². The third kappa shape index (κ3) is 3.48. The maximum atomic E-state index is 11.2. The lowest BCUT2D eigenvalue weighted by Crippen LogP contribution is -2.51. The first-order valence-electron chi connectivity index (χ1n) is 6.53. The van der Waals surface area contributed by atoms with E-state index in [-0.39, 0.29) is 5.25 Å². The summed E-state index contributed by atoms with van der Waals surface area (Å²) in [4.78, 5) is 15.7. The molecule has 2 unspecified atom stereocenters. The maximum absolute atomic E-state index is 11.2. The Morgan fingerprint density at radius 3 is 2.89 bits per heavy atom. The van der Waals surface area contributed by atoms with Gasteiger partial charge in [0.1, 0.15) is 5.54 Å². The summed E-state index contributed by atoms with van der Waals surface area (Å²) >= 11 is 1.66. The quantitative estimate of drug-likeness (QED) is 0.889. The molecule has 0 saturated heterocycles. The number of pyridine rings is 1. The number of nitrogens with zero attached hydrogens (tertiary/aromatic N) is 1. The Morgan fingerprint density at radius 2 is 2.26 bits per heavy atom. The highest BCUT2D eigenvalue weighted by atomic mass is 32.2. The smallest absolute Gasteiger partial charge is 0.323 e. The summed E-state index contributed by atoms with van der Waals surface area (Å²) in [7, 11) is 0. The van der Waals surface area contributed by atoms with Gasteiger partial charge in [-0.1, -0.05) is 0 Å². The Morgan fingerprint density at radius 1 is 1.53 bits per heavy atom. The summed E-state index contributed by atoms with van der Waals surface area (Å²) in [6.07, 6.45) is 2.96. The summed E-state index contributed by atoms with van der Waals surface area (Å²) < 4.78 is 0. The van der Waals surface area contributed by atoms with Crippen molar-refractivity contribution in [1.82, 2.24) is 4.98 Å². The van der Waals surface area contributed by atoms with E-state index in [0.717, 1.165) is 23.6 Å². The Labute approximate surface area is 117 Å². The summed E-state index contributed by atoms with van der Waals surface area (Å²) in [5.74, 6) is -0.883. The van der Waals surface area contributed by atoms with E-state index in [1.807, 2.05) is 26.0 Å². The van der Waals surface area contributed by atoms with E-state index in [1.165, 1.54) is 5.56 Å². The molecule has 19 heavy (non-hydrogen) atoms. The van der Waals surface area contributed by atoms with Gasteiger partial charge >= 0.3 is 5.97 Å². The normalized spacial score (nSPS) is 27.2. The van der Waals surface area contributed by atoms with Gasteiger partial charge in [-0.05, 0) is 57.2 Å². The molecule has 2 atom stereocenters. The molecule has 3 N–H and O–H groups in total. The van der Waals surface area contributed by atoms with E-state index < -0.39 is 11.5 Å². The van der Waals surface area contributed by atoms with E-state index in [2.05, 4.69) is 4.98 Å². The number of hydrogen-bond acceptors (Lipinski definition) is 4. The molecule has 0 aromatic carbocycles. The number of thioether (sulfide) groups is 1. The van der Waals surface area contributed by atoms with Gasteiger partial charge in [0.05, 0.1) is 5.03 Å². The van der Waals surface area contributed by atoms with Crippen LogP contribution >= 0.6 is 11.8 Å². The highest BCUT2D eigenvalue weighted by Gasteiger charge is 2.39. The summed E-state index contributed by atoms with van der Waals surface area (Å²) in [6.45, 7) is 4.02. The molecule has 0 aliphatic heterocycles. The van der Waals surface area contributed by atoms with Crippen molar-refractivity contribution in [3.05, 3.63) is 23.4 Å². The molecule has 4 nitrogen and oxygen atoms in total. The highest BCUT2D eigenvalue weighted by molar-refractivity contribution is 7.99. The van der Waals surface area contributed by atoms with Crippen LogP contribution in [0.3, 0.4) is 0 Å². The van der Waals surface area contributed by atoms with Crippen molar-refractivity contribution < 1.29 is 9.90 Å². The van der Waals surface area contributed by atoms with Crippen molar-refractivity contribution in [2.45, 2.75) is 55.3 Å². The van der Waals surface area contributed by atoms with Crippen molar-refractivity contribution in [3.63, 3.8) is 0 Å². The molecule has 5 heteroatoms. The minimum absolute atomic E-state index is 0.239. The molecule has 1 aromatic rings. The molecule has 104 valence electrons. The average molecular weight is 280 g/mol. The van der Waals surface area contributed by atoms with Crippen LogP contribution in [0.4, 0.5) is 0 Å². The number of aromatic nitrogens is 1. The fourth-order valence-corrected chi connectivity index (χ4v) is 4.04. The van der Waals surface area contributed by atoms with Crippen molar-refractivity contribution in [2.24, 2.45) is 5.73 Å². The zero-order valence-electron chi connectivity index (χ0n) is 11.3. The molecule has 1 heterocycles. The number of carboxylic acids is 1. The van der Waals surface area contributed by atoms with Crippen LogP contribution in [0.25, 0.3) is 0 Å². The van der Waals surface area contributed by atoms with Gasteiger partial charge in [0.15, 0.2) is 0 Å². The molecule has 1 fully saturated rings.